The van der Waals surface area contributed by atoms with Crippen LogP contribution in [0.2, 0.25) is 0 Å². The third kappa shape index (κ3) is 3.49. The summed E-state index contributed by atoms with van der Waals surface area (Å²) < 4.78 is 7.17. The molecule has 0 radical (unpaired) electrons. The number of rotatable bonds is 4. The van der Waals surface area contributed by atoms with Gasteiger partial charge < -0.3 is 15.0 Å². The molecule has 7 heteroatoms. The third-order valence-corrected chi connectivity index (χ3v) is 6.25. The number of nitrogens with one attached hydrogen (secondary N) is 1. The van der Waals surface area contributed by atoms with Gasteiger partial charge in [-0.2, -0.15) is 5.10 Å². The van der Waals surface area contributed by atoms with E-state index in [0.717, 1.165) is 55.0 Å². The maximum Gasteiger partial charge on any atom is 0.229 e. The molecule has 0 spiro atoms. The van der Waals surface area contributed by atoms with Crippen molar-refractivity contribution in [3.63, 3.8) is 0 Å². The van der Waals surface area contributed by atoms with Crippen LogP contribution in [0.15, 0.2) is 36.7 Å². The van der Waals surface area contributed by atoms with E-state index < -0.39 is 0 Å². The number of carbonyl (C=O) groups excluding carboxylic acids is 1. The van der Waals surface area contributed by atoms with Crippen LogP contribution in [0.3, 0.4) is 0 Å². The van der Waals surface area contributed by atoms with Gasteiger partial charge in [0.1, 0.15) is 11.3 Å². The Bertz CT molecular complexity index is 1060. The number of fused-ring (bicyclic) bond motifs is 3. The maximum atomic E-state index is 12.9. The molecular formula is C23H27N5O2. The minimum absolute atomic E-state index is 0.0624. The minimum Gasteiger partial charge on any atom is -0.497 e. The van der Waals surface area contributed by atoms with E-state index in [4.69, 9.17) is 14.8 Å². The zero-order chi connectivity index (χ0) is 20.5. The number of methoxy groups -OCH3 is 1. The summed E-state index contributed by atoms with van der Waals surface area (Å²) in [6.07, 6.45) is 10.1. The normalized spacial score (nSPS) is 18.8. The van der Waals surface area contributed by atoms with Gasteiger partial charge in [-0.25, -0.2) is 9.50 Å². The molecule has 1 unspecified atom stereocenters. The summed E-state index contributed by atoms with van der Waals surface area (Å²) in [5.41, 5.74) is 4.47. The van der Waals surface area contributed by atoms with Gasteiger partial charge in [-0.1, -0.05) is 0 Å². The Balaban J connectivity index is 1.36. The van der Waals surface area contributed by atoms with Crippen LogP contribution in [-0.4, -0.2) is 40.7 Å². The average Bonchev–Trinajstić information content (AvgIpc) is 3.18. The Morgan fingerprint density at radius 2 is 2.00 bits per heavy atom. The van der Waals surface area contributed by atoms with E-state index in [2.05, 4.69) is 10.2 Å². The minimum atomic E-state index is -0.0679. The molecule has 1 aromatic carbocycles. The van der Waals surface area contributed by atoms with Crippen molar-refractivity contribution in [2.45, 2.75) is 38.5 Å². The van der Waals surface area contributed by atoms with E-state index in [9.17, 15) is 4.79 Å². The van der Waals surface area contributed by atoms with Crippen molar-refractivity contribution >= 4 is 22.9 Å². The van der Waals surface area contributed by atoms with Gasteiger partial charge in [0.05, 0.1) is 18.7 Å². The Labute approximate surface area is 176 Å². The van der Waals surface area contributed by atoms with Crippen molar-refractivity contribution in [1.29, 1.82) is 0 Å². The Hall–Kier alpha value is -3.09. The summed E-state index contributed by atoms with van der Waals surface area (Å²) in [7, 11) is 1.64. The van der Waals surface area contributed by atoms with Crippen molar-refractivity contribution in [2.24, 2.45) is 5.92 Å². The first-order valence-electron chi connectivity index (χ1n) is 10.8. The van der Waals surface area contributed by atoms with E-state index in [1.165, 1.54) is 24.1 Å². The van der Waals surface area contributed by atoms with Crippen molar-refractivity contribution in [3.05, 3.63) is 47.9 Å². The lowest BCUT2D eigenvalue weighted by Gasteiger charge is -2.33. The van der Waals surface area contributed by atoms with Crippen LogP contribution >= 0.6 is 0 Å². The first kappa shape index (κ1) is 18.9. The van der Waals surface area contributed by atoms with Crippen molar-refractivity contribution in [1.82, 2.24) is 14.6 Å². The molecule has 0 bridgehead atoms. The quantitative estimate of drug-likeness (QED) is 0.720. The predicted octanol–water partition coefficient (Wildman–Crippen LogP) is 3.47. The summed E-state index contributed by atoms with van der Waals surface area (Å²) in [6.45, 7) is 1.59. The number of nitrogens with zero attached hydrogens (tertiary/aromatic N) is 4. The first-order chi connectivity index (χ1) is 14.7. The van der Waals surface area contributed by atoms with Crippen molar-refractivity contribution in [3.8, 4) is 5.75 Å². The van der Waals surface area contributed by atoms with Gasteiger partial charge in [-0.3, -0.25) is 4.79 Å². The van der Waals surface area contributed by atoms with E-state index in [1.54, 1.807) is 7.11 Å². The van der Waals surface area contributed by atoms with Crippen LogP contribution in [0.5, 0.6) is 5.75 Å². The second-order valence-electron chi connectivity index (χ2n) is 8.18. The fourth-order valence-corrected chi connectivity index (χ4v) is 4.68. The number of hydrogen-bond acceptors (Lipinski definition) is 5. The highest BCUT2D eigenvalue weighted by atomic mass is 16.5. The highest BCUT2D eigenvalue weighted by Gasteiger charge is 2.29. The SMILES string of the molecule is COc1ccc(NC(=O)C2CCCN(c3nccn4nc5c(c34)CCCC5)C2)cc1. The maximum absolute atomic E-state index is 12.9. The monoisotopic (exact) mass is 405 g/mol. The van der Waals surface area contributed by atoms with Crippen LogP contribution in [0.4, 0.5) is 11.5 Å². The molecule has 1 amide bonds. The van der Waals surface area contributed by atoms with Crippen LogP contribution in [0, 0.1) is 5.92 Å². The molecule has 0 saturated carbocycles. The topological polar surface area (TPSA) is 71.8 Å². The van der Waals surface area contributed by atoms with E-state index >= 15 is 0 Å². The molecule has 1 saturated heterocycles. The summed E-state index contributed by atoms with van der Waals surface area (Å²) in [5.74, 6) is 1.74. The third-order valence-electron chi connectivity index (χ3n) is 6.25. The molecular weight excluding hydrogens is 378 g/mol. The largest absolute Gasteiger partial charge is 0.497 e. The number of aryl methyl sites for hydroxylation is 2. The standard InChI is InChI=1S/C23H27N5O2/c1-30-18-10-8-17(9-11-18)25-23(29)16-5-4-13-27(15-16)22-21-19-6-2-3-7-20(19)26-28(21)14-12-24-22/h8-12,14,16H,2-7,13,15H2,1H3,(H,25,29). The smallest absolute Gasteiger partial charge is 0.229 e. The Morgan fingerprint density at radius 3 is 2.83 bits per heavy atom. The lowest BCUT2D eigenvalue weighted by molar-refractivity contribution is -0.120. The summed E-state index contributed by atoms with van der Waals surface area (Å²) >= 11 is 0. The Kier molecular flexibility index (Phi) is 5.02. The summed E-state index contributed by atoms with van der Waals surface area (Å²) in [5, 5.41) is 7.85. The molecule has 7 nitrogen and oxygen atoms in total. The molecule has 1 aliphatic carbocycles. The number of carbonyl (C=O) groups is 1. The second kappa shape index (κ2) is 7.97. The van der Waals surface area contributed by atoms with Crippen LogP contribution in [0.1, 0.15) is 36.9 Å². The lowest BCUT2D eigenvalue weighted by Crippen LogP contribution is -2.41. The van der Waals surface area contributed by atoms with Crippen LogP contribution in [0.25, 0.3) is 5.52 Å². The lowest BCUT2D eigenvalue weighted by atomic mass is 9.95. The van der Waals surface area contributed by atoms with Gasteiger partial charge in [0.2, 0.25) is 5.91 Å². The molecule has 1 atom stereocenters. The van der Waals surface area contributed by atoms with Gasteiger partial charge in [0, 0.05) is 36.7 Å². The number of hydrogen-bond donors (Lipinski definition) is 1. The molecule has 1 N–H and O–H groups in total. The molecule has 5 rings (SSSR count). The zero-order valence-corrected chi connectivity index (χ0v) is 17.3. The summed E-state index contributed by atoms with van der Waals surface area (Å²) in [6, 6.07) is 7.46. The number of aromatic nitrogens is 3. The fourth-order valence-electron chi connectivity index (χ4n) is 4.68. The summed E-state index contributed by atoms with van der Waals surface area (Å²) in [4.78, 5) is 19.9. The average molecular weight is 406 g/mol. The highest BCUT2D eigenvalue weighted by molar-refractivity contribution is 5.93. The van der Waals surface area contributed by atoms with Gasteiger partial charge in [0.25, 0.3) is 0 Å². The number of benzene rings is 1. The van der Waals surface area contributed by atoms with E-state index in [1.807, 2.05) is 41.2 Å². The van der Waals surface area contributed by atoms with E-state index in [-0.39, 0.29) is 11.8 Å². The molecule has 2 aliphatic rings. The number of anilines is 2. The molecule has 156 valence electrons. The molecule has 1 fully saturated rings. The van der Waals surface area contributed by atoms with Gasteiger partial charge in [-0.05, 0) is 62.8 Å². The van der Waals surface area contributed by atoms with Gasteiger partial charge >= 0.3 is 0 Å². The van der Waals surface area contributed by atoms with Crippen LogP contribution in [-0.2, 0) is 17.6 Å². The van der Waals surface area contributed by atoms with Crippen molar-refractivity contribution < 1.29 is 9.53 Å². The van der Waals surface area contributed by atoms with Crippen LogP contribution < -0.4 is 15.0 Å². The predicted molar refractivity (Wildman–Crippen MR) is 116 cm³/mol. The van der Waals surface area contributed by atoms with Gasteiger partial charge in [-0.15, -0.1) is 0 Å². The van der Waals surface area contributed by atoms with Crippen molar-refractivity contribution in [2.75, 3.05) is 30.4 Å². The number of ether oxygens (including phenoxy) is 1. The molecule has 3 aromatic rings. The molecule has 1 aliphatic heterocycles. The van der Waals surface area contributed by atoms with E-state index in [0.29, 0.717) is 6.54 Å². The molecule has 30 heavy (non-hydrogen) atoms. The van der Waals surface area contributed by atoms with Gasteiger partial charge in [0.15, 0.2) is 5.82 Å². The first-order valence-corrected chi connectivity index (χ1v) is 10.8. The molecule has 3 heterocycles. The number of amides is 1. The second-order valence-corrected chi connectivity index (χ2v) is 8.18. The highest BCUT2D eigenvalue weighted by Crippen LogP contribution is 2.32. The zero-order valence-electron chi connectivity index (χ0n) is 17.3. The fraction of sp³-hybridized carbons (Fsp3) is 0.435. The molecule has 2 aromatic heterocycles. The number of piperidine rings is 1. The Morgan fingerprint density at radius 1 is 1.17 bits per heavy atom.